The molecule has 4 rings (SSSR count). The van der Waals surface area contributed by atoms with E-state index in [9.17, 15) is 22.4 Å². The first kappa shape index (κ1) is 21.3. The molecule has 32 heavy (non-hydrogen) atoms. The molecule has 0 fully saturated rings. The van der Waals surface area contributed by atoms with E-state index in [0.717, 1.165) is 24.3 Å². The Balaban J connectivity index is 1.74. The van der Waals surface area contributed by atoms with Gasteiger partial charge < -0.3 is 5.32 Å². The third kappa shape index (κ3) is 4.54. The fourth-order valence-corrected chi connectivity index (χ4v) is 3.09. The van der Waals surface area contributed by atoms with Crippen LogP contribution in [0.4, 0.5) is 29.1 Å². The van der Waals surface area contributed by atoms with Crippen molar-refractivity contribution < 1.29 is 22.4 Å². The normalized spacial score (nSPS) is 11.6. The number of guanidine groups is 1. The third-order valence-corrected chi connectivity index (χ3v) is 4.49. The van der Waals surface area contributed by atoms with E-state index in [1.807, 2.05) is 0 Å². The second-order valence-electron chi connectivity index (χ2n) is 6.54. The van der Waals surface area contributed by atoms with Crippen molar-refractivity contribution in [1.29, 1.82) is 0 Å². The predicted molar refractivity (Wildman–Crippen MR) is 112 cm³/mol. The number of anilines is 1. The van der Waals surface area contributed by atoms with Crippen molar-refractivity contribution in [3.63, 3.8) is 0 Å². The summed E-state index contributed by atoms with van der Waals surface area (Å²) in [6.07, 6.45) is 0. The van der Waals surface area contributed by atoms with Gasteiger partial charge in [-0.1, -0.05) is 17.7 Å². The number of carbonyl (C=O) groups excluding carboxylic acids is 1. The average Bonchev–Trinajstić information content (AvgIpc) is 3.13. The molecule has 0 radical (unpaired) electrons. The van der Waals surface area contributed by atoms with Crippen LogP contribution >= 0.6 is 11.6 Å². The highest BCUT2D eigenvalue weighted by atomic mass is 35.5. The van der Waals surface area contributed by atoms with Crippen molar-refractivity contribution >= 4 is 45.9 Å². The van der Waals surface area contributed by atoms with E-state index < -0.39 is 29.2 Å². The number of H-pyrrole nitrogens is 1. The Morgan fingerprint density at radius 3 is 2.53 bits per heavy atom. The zero-order valence-electron chi connectivity index (χ0n) is 15.9. The number of aromatic amines is 1. The minimum absolute atomic E-state index is 0.0474. The number of hydrogen-bond donors (Lipinski definition) is 3. The van der Waals surface area contributed by atoms with Gasteiger partial charge in [0.15, 0.2) is 17.5 Å². The lowest BCUT2D eigenvalue weighted by atomic mass is 10.2. The number of nitrogens with zero attached hydrogens (tertiary/aromatic N) is 2. The van der Waals surface area contributed by atoms with Crippen molar-refractivity contribution in [1.82, 2.24) is 15.5 Å². The first-order chi connectivity index (χ1) is 15.3. The highest BCUT2D eigenvalue weighted by molar-refractivity contribution is 6.31. The van der Waals surface area contributed by atoms with Gasteiger partial charge in [-0.25, -0.2) is 17.6 Å². The molecule has 162 valence electrons. The van der Waals surface area contributed by atoms with Gasteiger partial charge >= 0.3 is 0 Å². The molecule has 0 aliphatic rings. The standard InChI is InChI=1S/C21H12ClF4N5O/c22-11-7-12(23)9-13(8-11)27-21(29-20(32)10-4-5-14(24)16(26)6-10)28-19-18-15(25)2-1-3-17(18)30-31-19/h1-9H,(H3,27,28,29,30,31,32). The third-order valence-electron chi connectivity index (χ3n) is 4.28. The number of hydrogen-bond acceptors (Lipinski definition) is 3. The van der Waals surface area contributed by atoms with Crippen LogP contribution < -0.4 is 10.6 Å². The topological polar surface area (TPSA) is 82.2 Å². The number of rotatable bonds is 3. The summed E-state index contributed by atoms with van der Waals surface area (Å²) in [5.41, 5.74) is 0.247. The van der Waals surface area contributed by atoms with E-state index in [2.05, 4.69) is 25.8 Å². The molecule has 3 N–H and O–H groups in total. The first-order valence-corrected chi connectivity index (χ1v) is 9.39. The fraction of sp³-hybridized carbons (Fsp3) is 0. The monoisotopic (exact) mass is 461 g/mol. The van der Waals surface area contributed by atoms with E-state index in [1.165, 1.54) is 18.2 Å². The molecule has 0 spiro atoms. The molecule has 1 aromatic heterocycles. The Labute approximate surface area is 182 Å². The number of nitrogens with one attached hydrogen (secondary N) is 3. The number of halogens is 5. The predicted octanol–water partition coefficient (Wildman–Crippen LogP) is 5.30. The highest BCUT2D eigenvalue weighted by Gasteiger charge is 2.16. The number of fused-ring (bicyclic) bond motifs is 1. The van der Waals surface area contributed by atoms with Gasteiger partial charge in [-0.3, -0.25) is 15.2 Å². The maximum atomic E-state index is 14.3. The van der Waals surface area contributed by atoms with E-state index in [4.69, 9.17) is 11.6 Å². The zero-order valence-corrected chi connectivity index (χ0v) is 16.6. The Morgan fingerprint density at radius 1 is 0.969 bits per heavy atom. The fourth-order valence-electron chi connectivity index (χ4n) is 2.87. The van der Waals surface area contributed by atoms with Gasteiger partial charge in [0, 0.05) is 16.3 Å². The van der Waals surface area contributed by atoms with Gasteiger partial charge in [-0.15, -0.1) is 0 Å². The highest BCUT2D eigenvalue weighted by Crippen LogP contribution is 2.26. The smallest absolute Gasteiger partial charge is 0.258 e. The molecule has 0 unspecified atom stereocenters. The largest absolute Gasteiger partial charge is 0.325 e. The Kier molecular flexibility index (Phi) is 5.78. The van der Waals surface area contributed by atoms with Crippen LogP contribution in [0, 0.1) is 23.3 Å². The number of carbonyl (C=O) groups is 1. The van der Waals surface area contributed by atoms with Crippen LogP contribution in [0.25, 0.3) is 10.9 Å². The number of benzene rings is 3. The van der Waals surface area contributed by atoms with Crippen molar-refractivity contribution in [3.8, 4) is 0 Å². The molecule has 4 aromatic rings. The summed E-state index contributed by atoms with van der Waals surface area (Å²) in [6.45, 7) is 0. The van der Waals surface area contributed by atoms with Gasteiger partial charge in [0.2, 0.25) is 5.96 Å². The second kappa shape index (κ2) is 8.67. The lowest BCUT2D eigenvalue weighted by Gasteiger charge is -2.12. The summed E-state index contributed by atoms with van der Waals surface area (Å²) in [7, 11) is 0. The summed E-state index contributed by atoms with van der Waals surface area (Å²) in [5, 5.41) is 11.7. The molecule has 0 saturated heterocycles. The molecular weight excluding hydrogens is 450 g/mol. The van der Waals surface area contributed by atoms with Crippen LogP contribution in [0.2, 0.25) is 5.02 Å². The number of aromatic nitrogens is 2. The van der Waals surface area contributed by atoms with E-state index in [-0.39, 0.29) is 33.4 Å². The molecule has 1 amide bonds. The molecule has 1 heterocycles. The number of amides is 1. The lowest BCUT2D eigenvalue weighted by Crippen LogP contribution is -2.36. The summed E-state index contributed by atoms with van der Waals surface area (Å²) >= 11 is 5.86. The van der Waals surface area contributed by atoms with E-state index in [1.54, 1.807) is 6.07 Å². The first-order valence-electron chi connectivity index (χ1n) is 9.01. The molecule has 11 heteroatoms. The number of aliphatic imine (C=N–C) groups is 1. The van der Waals surface area contributed by atoms with E-state index >= 15 is 0 Å². The molecular formula is C21H12ClF4N5O. The molecule has 0 saturated carbocycles. The van der Waals surface area contributed by atoms with Crippen molar-refractivity contribution in [3.05, 3.63) is 88.5 Å². The molecule has 0 aliphatic heterocycles. The van der Waals surface area contributed by atoms with Crippen LogP contribution in [-0.2, 0) is 0 Å². The molecule has 3 aromatic carbocycles. The second-order valence-corrected chi connectivity index (χ2v) is 6.97. The minimum atomic E-state index is -1.22. The Morgan fingerprint density at radius 2 is 1.78 bits per heavy atom. The minimum Gasteiger partial charge on any atom is -0.325 e. The lowest BCUT2D eigenvalue weighted by molar-refractivity contribution is 0.0976. The van der Waals surface area contributed by atoms with Gasteiger partial charge in [0.05, 0.1) is 10.9 Å². The molecule has 0 atom stereocenters. The summed E-state index contributed by atoms with van der Waals surface area (Å²) in [6, 6.07) is 10.3. The maximum Gasteiger partial charge on any atom is 0.258 e. The van der Waals surface area contributed by atoms with Crippen LogP contribution in [0.1, 0.15) is 10.4 Å². The Hall–Kier alpha value is -3.92. The Bertz CT molecular complexity index is 1350. The van der Waals surface area contributed by atoms with Crippen molar-refractivity contribution in [2.75, 3.05) is 5.32 Å². The summed E-state index contributed by atoms with van der Waals surface area (Å²) in [5.74, 6) is -4.90. The van der Waals surface area contributed by atoms with Gasteiger partial charge in [0.25, 0.3) is 5.91 Å². The summed E-state index contributed by atoms with van der Waals surface area (Å²) < 4.78 is 54.7. The van der Waals surface area contributed by atoms with E-state index in [0.29, 0.717) is 11.6 Å². The van der Waals surface area contributed by atoms with Gasteiger partial charge in [-0.2, -0.15) is 10.1 Å². The van der Waals surface area contributed by atoms with Crippen molar-refractivity contribution in [2.24, 2.45) is 4.99 Å². The van der Waals surface area contributed by atoms with Crippen LogP contribution in [-0.4, -0.2) is 22.1 Å². The van der Waals surface area contributed by atoms with Crippen molar-refractivity contribution in [2.45, 2.75) is 0 Å². The van der Waals surface area contributed by atoms with Crippen LogP contribution in [0.3, 0.4) is 0 Å². The molecule has 0 bridgehead atoms. The SMILES string of the molecule is O=C(NC(=Nc1n[nH]c2cccc(F)c12)Nc1cc(F)cc(Cl)c1)c1ccc(F)c(F)c1. The summed E-state index contributed by atoms with van der Waals surface area (Å²) in [4.78, 5) is 16.7. The zero-order chi connectivity index (χ0) is 22.8. The molecule has 0 aliphatic carbocycles. The average molecular weight is 462 g/mol. The van der Waals surface area contributed by atoms with Crippen LogP contribution in [0.15, 0.2) is 59.6 Å². The van der Waals surface area contributed by atoms with Gasteiger partial charge in [-0.05, 0) is 48.5 Å². The molecule has 6 nitrogen and oxygen atoms in total. The maximum absolute atomic E-state index is 14.3. The quantitative estimate of drug-likeness (QED) is 0.220. The van der Waals surface area contributed by atoms with Crippen LogP contribution in [0.5, 0.6) is 0 Å². The van der Waals surface area contributed by atoms with Gasteiger partial charge in [0.1, 0.15) is 11.6 Å².